The van der Waals surface area contributed by atoms with Crippen molar-refractivity contribution in [2.45, 2.75) is 0 Å². The molecule has 1 aromatic heterocycles. The molecule has 0 aliphatic carbocycles. The normalized spacial score (nSPS) is 10.5. The molecular formula is C9H5Cl2N3O. The second kappa shape index (κ2) is 3.64. The number of benzene rings is 1. The first-order valence-electron chi connectivity index (χ1n) is 3.99. The zero-order chi connectivity index (χ0) is 11.0. The van der Waals surface area contributed by atoms with Crippen LogP contribution in [0.5, 0.6) is 0 Å². The third kappa shape index (κ3) is 1.86. The number of primary amides is 1. The first kappa shape index (κ1) is 10.1. The van der Waals surface area contributed by atoms with Gasteiger partial charge in [0.2, 0.25) is 0 Å². The number of carbonyl (C=O) groups is 1. The maximum atomic E-state index is 10.9. The number of rotatable bonds is 1. The van der Waals surface area contributed by atoms with Crippen molar-refractivity contribution in [2.75, 3.05) is 0 Å². The third-order valence-corrected chi connectivity index (χ3v) is 2.32. The smallest absolute Gasteiger partial charge is 0.268 e. The molecule has 0 saturated carbocycles. The lowest BCUT2D eigenvalue weighted by molar-refractivity contribution is 0.0995. The minimum Gasteiger partial charge on any atom is -0.364 e. The Kier molecular flexibility index (Phi) is 2.46. The van der Waals surface area contributed by atoms with Gasteiger partial charge in [0, 0.05) is 5.02 Å². The average molecular weight is 242 g/mol. The van der Waals surface area contributed by atoms with Gasteiger partial charge in [0.15, 0.2) is 0 Å². The van der Waals surface area contributed by atoms with Crippen molar-refractivity contribution in [2.24, 2.45) is 5.73 Å². The lowest BCUT2D eigenvalue weighted by atomic mass is 10.3. The molecule has 0 fully saturated rings. The molecule has 15 heavy (non-hydrogen) atoms. The lowest BCUT2D eigenvalue weighted by Gasteiger charge is -2.01. The van der Waals surface area contributed by atoms with E-state index in [1.165, 1.54) is 6.20 Å². The van der Waals surface area contributed by atoms with Crippen LogP contribution in [0, 0.1) is 0 Å². The van der Waals surface area contributed by atoms with Crippen molar-refractivity contribution >= 4 is 40.1 Å². The minimum absolute atomic E-state index is 0.0841. The molecule has 0 spiro atoms. The molecule has 1 heterocycles. The number of nitrogens with zero attached hydrogens (tertiary/aromatic N) is 2. The lowest BCUT2D eigenvalue weighted by Crippen LogP contribution is -2.13. The number of halogens is 2. The third-order valence-electron chi connectivity index (χ3n) is 1.82. The Hall–Kier alpha value is -1.39. The summed E-state index contributed by atoms with van der Waals surface area (Å²) in [5, 5.41) is 0.824. The van der Waals surface area contributed by atoms with E-state index in [1.54, 1.807) is 12.1 Å². The van der Waals surface area contributed by atoms with Gasteiger partial charge in [-0.2, -0.15) is 0 Å². The Labute approximate surface area is 95.0 Å². The van der Waals surface area contributed by atoms with Gasteiger partial charge in [-0.1, -0.05) is 23.2 Å². The summed E-state index contributed by atoms with van der Waals surface area (Å²) < 4.78 is 0. The van der Waals surface area contributed by atoms with E-state index >= 15 is 0 Å². The van der Waals surface area contributed by atoms with Gasteiger partial charge in [-0.25, -0.2) is 4.98 Å². The molecule has 1 amide bonds. The SMILES string of the molecule is NC(=O)c1cnc2c(Cl)cc(Cl)cc2n1. The molecular weight excluding hydrogens is 237 g/mol. The zero-order valence-electron chi connectivity index (χ0n) is 7.37. The highest BCUT2D eigenvalue weighted by molar-refractivity contribution is 6.38. The molecule has 0 bridgehead atoms. The van der Waals surface area contributed by atoms with Gasteiger partial charge in [0.1, 0.15) is 11.2 Å². The van der Waals surface area contributed by atoms with Crippen LogP contribution >= 0.6 is 23.2 Å². The molecule has 0 aliphatic heterocycles. The molecule has 0 saturated heterocycles. The van der Waals surface area contributed by atoms with Gasteiger partial charge in [-0.05, 0) is 12.1 Å². The van der Waals surface area contributed by atoms with Crippen LogP contribution in [0.15, 0.2) is 18.3 Å². The molecule has 0 atom stereocenters. The predicted octanol–water partition coefficient (Wildman–Crippen LogP) is 2.04. The number of nitrogens with two attached hydrogens (primary N) is 1. The van der Waals surface area contributed by atoms with Crippen molar-refractivity contribution in [3.63, 3.8) is 0 Å². The Balaban J connectivity index is 2.76. The van der Waals surface area contributed by atoms with Crippen molar-refractivity contribution in [1.82, 2.24) is 9.97 Å². The van der Waals surface area contributed by atoms with Gasteiger partial charge in [0.05, 0.1) is 16.7 Å². The van der Waals surface area contributed by atoms with Crippen LogP contribution < -0.4 is 5.73 Å². The van der Waals surface area contributed by atoms with Crippen LogP contribution in [0.4, 0.5) is 0 Å². The predicted molar refractivity (Wildman–Crippen MR) is 58.1 cm³/mol. The first-order valence-corrected chi connectivity index (χ1v) is 4.75. The van der Waals surface area contributed by atoms with E-state index in [4.69, 9.17) is 28.9 Å². The van der Waals surface area contributed by atoms with E-state index in [-0.39, 0.29) is 5.69 Å². The van der Waals surface area contributed by atoms with Crippen molar-refractivity contribution in [1.29, 1.82) is 0 Å². The molecule has 0 radical (unpaired) electrons. The van der Waals surface area contributed by atoms with Crippen LogP contribution in [-0.4, -0.2) is 15.9 Å². The Morgan fingerprint density at radius 3 is 2.73 bits per heavy atom. The van der Waals surface area contributed by atoms with Gasteiger partial charge in [0.25, 0.3) is 5.91 Å². The fourth-order valence-electron chi connectivity index (χ4n) is 1.17. The Morgan fingerprint density at radius 2 is 2.07 bits per heavy atom. The van der Waals surface area contributed by atoms with Gasteiger partial charge >= 0.3 is 0 Å². The number of fused-ring (bicyclic) bond motifs is 1. The largest absolute Gasteiger partial charge is 0.364 e. The molecule has 0 unspecified atom stereocenters. The highest BCUT2D eigenvalue weighted by atomic mass is 35.5. The van der Waals surface area contributed by atoms with Crippen LogP contribution in [0.1, 0.15) is 10.5 Å². The summed E-state index contributed by atoms with van der Waals surface area (Å²) in [6, 6.07) is 3.13. The van der Waals surface area contributed by atoms with Crippen LogP contribution in [0.3, 0.4) is 0 Å². The van der Waals surface area contributed by atoms with E-state index in [9.17, 15) is 4.79 Å². The quantitative estimate of drug-likeness (QED) is 0.831. The number of carbonyl (C=O) groups excluding carboxylic acids is 1. The second-order valence-electron chi connectivity index (χ2n) is 2.87. The fraction of sp³-hybridized carbons (Fsp3) is 0. The Morgan fingerprint density at radius 1 is 1.33 bits per heavy atom. The standard InChI is InChI=1S/C9H5Cl2N3O/c10-4-1-5(11)8-6(2-4)14-7(3-13-8)9(12)15/h1-3H,(H2,12,15). The van der Waals surface area contributed by atoms with E-state index in [1.807, 2.05) is 0 Å². The van der Waals surface area contributed by atoms with Crippen LogP contribution in [0.25, 0.3) is 11.0 Å². The monoisotopic (exact) mass is 241 g/mol. The van der Waals surface area contributed by atoms with Gasteiger partial charge < -0.3 is 5.73 Å². The minimum atomic E-state index is -0.638. The molecule has 4 nitrogen and oxygen atoms in total. The number of hydrogen-bond donors (Lipinski definition) is 1. The van der Waals surface area contributed by atoms with Crippen molar-refractivity contribution in [3.8, 4) is 0 Å². The summed E-state index contributed by atoms with van der Waals surface area (Å²) >= 11 is 11.7. The van der Waals surface area contributed by atoms with E-state index in [2.05, 4.69) is 9.97 Å². The maximum Gasteiger partial charge on any atom is 0.268 e. The number of hydrogen-bond acceptors (Lipinski definition) is 3. The summed E-state index contributed by atoms with van der Waals surface area (Å²) in [6.45, 7) is 0. The molecule has 2 aromatic rings. The Bertz CT molecular complexity index is 556. The summed E-state index contributed by atoms with van der Waals surface area (Å²) in [5.74, 6) is -0.638. The molecule has 2 rings (SSSR count). The fourth-order valence-corrected chi connectivity index (χ4v) is 1.70. The van der Waals surface area contributed by atoms with E-state index < -0.39 is 5.91 Å². The average Bonchev–Trinajstić information content (AvgIpc) is 2.16. The second-order valence-corrected chi connectivity index (χ2v) is 3.72. The van der Waals surface area contributed by atoms with E-state index in [0.717, 1.165) is 0 Å². The highest BCUT2D eigenvalue weighted by Gasteiger charge is 2.08. The molecule has 6 heteroatoms. The molecule has 2 N–H and O–H groups in total. The summed E-state index contributed by atoms with van der Waals surface area (Å²) in [5.41, 5.74) is 6.10. The van der Waals surface area contributed by atoms with Crippen molar-refractivity contribution < 1.29 is 4.79 Å². The van der Waals surface area contributed by atoms with Crippen LogP contribution in [-0.2, 0) is 0 Å². The van der Waals surface area contributed by atoms with Gasteiger partial charge in [-0.15, -0.1) is 0 Å². The zero-order valence-corrected chi connectivity index (χ0v) is 8.88. The number of aromatic nitrogens is 2. The molecule has 0 aliphatic rings. The number of amides is 1. The summed E-state index contributed by atoms with van der Waals surface area (Å²) in [7, 11) is 0. The summed E-state index contributed by atoms with van der Waals surface area (Å²) in [4.78, 5) is 18.8. The maximum absolute atomic E-state index is 10.9. The summed E-state index contributed by atoms with van der Waals surface area (Å²) in [6.07, 6.45) is 1.28. The first-order chi connectivity index (χ1) is 7.08. The highest BCUT2D eigenvalue weighted by Crippen LogP contribution is 2.24. The molecule has 76 valence electrons. The topological polar surface area (TPSA) is 68.9 Å². The van der Waals surface area contributed by atoms with Crippen LogP contribution in [0.2, 0.25) is 10.0 Å². The van der Waals surface area contributed by atoms with E-state index in [0.29, 0.717) is 21.1 Å². The van der Waals surface area contributed by atoms with Gasteiger partial charge in [-0.3, -0.25) is 9.78 Å². The molecule has 1 aromatic carbocycles. The van der Waals surface area contributed by atoms with Crippen molar-refractivity contribution in [3.05, 3.63) is 34.1 Å².